The van der Waals surface area contributed by atoms with E-state index in [4.69, 9.17) is 15.0 Å². The maximum atomic E-state index is 5.81. The first-order chi connectivity index (χ1) is 9.33. The van der Waals surface area contributed by atoms with Crippen molar-refractivity contribution in [2.24, 2.45) is 0 Å². The zero-order valence-electron chi connectivity index (χ0n) is 10.4. The second-order valence-corrected chi connectivity index (χ2v) is 4.30. The molecule has 1 aromatic heterocycles. The summed E-state index contributed by atoms with van der Waals surface area (Å²) in [5.74, 6) is 1.22. The molecule has 0 spiro atoms. The molecular formula is C15H14N2O2. The van der Waals surface area contributed by atoms with Crippen LogP contribution in [0.3, 0.4) is 0 Å². The predicted molar refractivity (Wildman–Crippen MR) is 74.1 cm³/mol. The second-order valence-electron chi connectivity index (χ2n) is 4.30. The normalized spacial score (nSPS) is 10.7. The van der Waals surface area contributed by atoms with Gasteiger partial charge in [-0.15, -0.1) is 0 Å². The van der Waals surface area contributed by atoms with Gasteiger partial charge in [0.25, 0.3) is 0 Å². The van der Waals surface area contributed by atoms with Gasteiger partial charge in [0.15, 0.2) is 0 Å². The van der Waals surface area contributed by atoms with Crippen LogP contribution in [0.4, 0.5) is 5.88 Å². The van der Waals surface area contributed by atoms with Crippen LogP contribution < -0.4 is 10.5 Å². The first-order valence-electron chi connectivity index (χ1n) is 6.14. The van der Waals surface area contributed by atoms with Crippen LogP contribution in [-0.2, 0) is 6.42 Å². The topological polar surface area (TPSA) is 61.3 Å². The minimum Gasteiger partial charge on any atom is -0.493 e. The molecule has 96 valence electrons. The zero-order chi connectivity index (χ0) is 13.1. The summed E-state index contributed by atoms with van der Waals surface area (Å²) in [6.45, 7) is 0.542. The van der Waals surface area contributed by atoms with Crippen molar-refractivity contribution in [3.8, 4) is 5.75 Å². The van der Waals surface area contributed by atoms with Gasteiger partial charge in [0.05, 0.1) is 12.3 Å². The number of aromatic nitrogens is 1. The Hall–Kier alpha value is -2.49. The molecule has 3 aromatic rings. The van der Waals surface area contributed by atoms with Crippen LogP contribution in [0, 0.1) is 0 Å². The van der Waals surface area contributed by atoms with Crippen LogP contribution in [0.2, 0.25) is 0 Å². The van der Waals surface area contributed by atoms with Gasteiger partial charge in [-0.25, -0.2) is 0 Å². The van der Waals surface area contributed by atoms with E-state index in [-0.39, 0.29) is 0 Å². The number of hydrogen-bond donors (Lipinski definition) is 1. The summed E-state index contributed by atoms with van der Waals surface area (Å²) >= 11 is 0. The maximum absolute atomic E-state index is 5.81. The smallest absolute Gasteiger partial charge is 0.222 e. The average molecular weight is 254 g/mol. The number of hydrogen-bond acceptors (Lipinski definition) is 4. The number of rotatable bonds is 4. The molecule has 1 heterocycles. The highest BCUT2D eigenvalue weighted by molar-refractivity contribution is 5.88. The number of nitrogen functional groups attached to an aromatic ring is 1. The molecule has 19 heavy (non-hydrogen) atoms. The SMILES string of the molecule is Nc1cc(CCOc2cccc3ccccc23)no1. The van der Waals surface area contributed by atoms with E-state index in [0.29, 0.717) is 18.9 Å². The van der Waals surface area contributed by atoms with Crippen LogP contribution in [0.15, 0.2) is 53.1 Å². The molecule has 0 fully saturated rings. The van der Waals surface area contributed by atoms with E-state index < -0.39 is 0 Å². The number of ether oxygens (including phenoxy) is 1. The van der Waals surface area contributed by atoms with E-state index in [1.807, 2.05) is 24.3 Å². The van der Waals surface area contributed by atoms with Gasteiger partial charge in [-0.3, -0.25) is 0 Å². The lowest BCUT2D eigenvalue weighted by Gasteiger charge is -2.08. The molecule has 0 amide bonds. The largest absolute Gasteiger partial charge is 0.493 e. The Morgan fingerprint density at radius 3 is 2.79 bits per heavy atom. The van der Waals surface area contributed by atoms with Gasteiger partial charge in [0.1, 0.15) is 5.75 Å². The fourth-order valence-electron chi connectivity index (χ4n) is 2.03. The summed E-state index contributed by atoms with van der Waals surface area (Å²) in [4.78, 5) is 0. The molecule has 2 N–H and O–H groups in total. The third kappa shape index (κ3) is 2.52. The number of benzene rings is 2. The van der Waals surface area contributed by atoms with Gasteiger partial charge in [-0.1, -0.05) is 41.6 Å². The Morgan fingerprint density at radius 1 is 1.11 bits per heavy atom. The monoisotopic (exact) mass is 254 g/mol. The fourth-order valence-corrected chi connectivity index (χ4v) is 2.03. The average Bonchev–Trinajstić information content (AvgIpc) is 2.85. The van der Waals surface area contributed by atoms with Crippen LogP contribution in [0.25, 0.3) is 10.8 Å². The highest BCUT2D eigenvalue weighted by Gasteiger charge is 2.03. The van der Waals surface area contributed by atoms with Gasteiger partial charge in [-0.05, 0) is 11.5 Å². The predicted octanol–water partition coefficient (Wildman–Crippen LogP) is 3.03. The summed E-state index contributed by atoms with van der Waals surface area (Å²) in [6, 6.07) is 15.9. The molecule has 2 aromatic carbocycles. The van der Waals surface area contributed by atoms with E-state index in [9.17, 15) is 0 Å². The van der Waals surface area contributed by atoms with Gasteiger partial charge in [0.2, 0.25) is 5.88 Å². The molecule has 0 radical (unpaired) electrons. The second kappa shape index (κ2) is 5.02. The Morgan fingerprint density at radius 2 is 1.95 bits per heavy atom. The summed E-state index contributed by atoms with van der Waals surface area (Å²) in [7, 11) is 0. The first kappa shape index (κ1) is 11.6. The van der Waals surface area contributed by atoms with Crippen molar-refractivity contribution in [2.45, 2.75) is 6.42 Å². The molecular weight excluding hydrogens is 240 g/mol. The molecule has 4 nitrogen and oxygen atoms in total. The molecule has 4 heteroatoms. The molecule has 0 saturated heterocycles. The van der Waals surface area contributed by atoms with Crippen LogP contribution in [0.1, 0.15) is 5.69 Å². The standard InChI is InChI=1S/C15H14N2O2/c16-15-10-12(17-19-15)8-9-18-14-7-3-5-11-4-1-2-6-13(11)14/h1-7,10H,8-9,16H2. The van der Waals surface area contributed by atoms with Gasteiger partial charge in [-0.2, -0.15) is 0 Å². The molecule has 0 aliphatic rings. The van der Waals surface area contributed by atoms with Crippen LogP contribution in [-0.4, -0.2) is 11.8 Å². The van der Waals surface area contributed by atoms with Gasteiger partial charge in [0, 0.05) is 17.9 Å². The zero-order valence-corrected chi connectivity index (χ0v) is 10.4. The quantitative estimate of drug-likeness (QED) is 0.777. The van der Waals surface area contributed by atoms with Crippen molar-refractivity contribution in [1.82, 2.24) is 5.16 Å². The first-order valence-corrected chi connectivity index (χ1v) is 6.14. The maximum Gasteiger partial charge on any atom is 0.222 e. The number of fused-ring (bicyclic) bond motifs is 1. The summed E-state index contributed by atoms with van der Waals surface area (Å²) < 4.78 is 10.6. The van der Waals surface area contributed by atoms with Gasteiger partial charge < -0.3 is 15.0 Å². The molecule has 0 unspecified atom stereocenters. The summed E-state index contributed by atoms with van der Waals surface area (Å²) in [5.41, 5.74) is 6.27. The lowest BCUT2D eigenvalue weighted by molar-refractivity contribution is 0.319. The fraction of sp³-hybridized carbons (Fsp3) is 0.133. The van der Waals surface area contributed by atoms with E-state index in [1.54, 1.807) is 6.07 Å². The lowest BCUT2D eigenvalue weighted by atomic mass is 10.1. The Labute approximate surface area is 110 Å². The van der Waals surface area contributed by atoms with Gasteiger partial charge >= 0.3 is 0 Å². The van der Waals surface area contributed by atoms with Crippen molar-refractivity contribution in [3.05, 3.63) is 54.2 Å². The molecule has 0 aliphatic heterocycles. The third-order valence-electron chi connectivity index (χ3n) is 2.94. The number of nitrogens with zero attached hydrogens (tertiary/aromatic N) is 1. The van der Waals surface area contributed by atoms with Crippen molar-refractivity contribution in [1.29, 1.82) is 0 Å². The number of nitrogens with two attached hydrogens (primary N) is 1. The lowest BCUT2D eigenvalue weighted by Crippen LogP contribution is -2.01. The van der Waals surface area contributed by atoms with E-state index in [0.717, 1.165) is 16.8 Å². The Kier molecular flexibility index (Phi) is 3.06. The van der Waals surface area contributed by atoms with Crippen LogP contribution >= 0.6 is 0 Å². The molecule has 0 saturated carbocycles. The number of anilines is 1. The Balaban J connectivity index is 1.71. The van der Waals surface area contributed by atoms with E-state index in [1.165, 1.54) is 5.39 Å². The highest BCUT2D eigenvalue weighted by atomic mass is 16.5. The van der Waals surface area contributed by atoms with Crippen molar-refractivity contribution < 1.29 is 9.26 Å². The summed E-state index contributed by atoms with van der Waals surface area (Å²) in [5, 5.41) is 6.12. The van der Waals surface area contributed by atoms with Crippen molar-refractivity contribution in [3.63, 3.8) is 0 Å². The molecule has 0 bridgehead atoms. The van der Waals surface area contributed by atoms with E-state index >= 15 is 0 Å². The summed E-state index contributed by atoms with van der Waals surface area (Å²) in [6.07, 6.45) is 0.671. The minimum absolute atomic E-state index is 0.333. The van der Waals surface area contributed by atoms with Crippen molar-refractivity contribution in [2.75, 3.05) is 12.3 Å². The highest BCUT2D eigenvalue weighted by Crippen LogP contribution is 2.25. The molecule has 0 atom stereocenters. The third-order valence-corrected chi connectivity index (χ3v) is 2.94. The van der Waals surface area contributed by atoms with Crippen molar-refractivity contribution >= 4 is 16.7 Å². The molecule has 0 aliphatic carbocycles. The molecule has 3 rings (SSSR count). The van der Waals surface area contributed by atoms with Crippen LogP contribution in [0.5, 0.6) is 5.75 Å². The minimum atomic E-state index is 0.333. The Bertz CT molecular complexity index is 686. The van der Waals surface area contributed by atoms with E-state index in [2.05, 4.69) is 23.4 Å².